The Morgan fingerprint density at radius 3 is 3.00 bits per heavy atom. The molecule has 1 aromatic rings. The first-order valence-corrected chi connectivity index (χ1v) is 4.51. The summed E-state index contributed by atoms with van der Waals surface area (Å²) in [6.45, 7) is 2.19. The molecule has 1 amide bonds. The first-order chi connectivity index (χ1) is 6.63. The monoisotopic (exact) mass is 197 g/mol. The number of nitrogens with zero attached hydrogens (tertiary/aromatic N) is 3. The number of nitrogens with two attached hydrogens (primary N) is 1. The topological polar surface area (TPSA) is 85.8 Å². The van der Waals surface area contributed by atoms with Crippen LogP contribution in [0.1, 0.15) is 19.2 Å². The van der Waals surface area contributed by atoms with Crippen LogP contribution in [0, 0.1) is 0 Å². The zero-order valence-corrected chi connectivity index (χ0v) is 8.40. The highest BCUT2D eigenvalue weighted by Gasteiger charge is 2.10. The summed E-state index contributed by atoms with van der Waals surface area (Å²) < 4.78 is 1.58. The number of hydrogen-bond acceptors (Lipinski definition) is 4. The number of aryl methyl sites for hydroxylation is 1. The van der Waals surface area contributed by atoms with Crippen molar-refractivity contribution in [3.63, 3.8) is 0 Å². The first kappa shape index (κ1) is 10.6. The summed E-state index contributed by atoms with van der Waals surface area (Å²) in [5.74, 6) is 0.420. The van der Waals surface area contributed by atoms with E-state index in [4.69, 9.17) is 5.73 Å². The summed E-state index contributed by atoms with van der Waals surface area (Å²) in [4.78, 5) is 15.2. The zero-order chi connectivity index (χ0) is 10.6. The molecule has 78 valence electrons. The normalized spacial score (nSPS) is 12.5. The Bertz CT molecular complexity index is 308. The number of amides is 1. The van der Waals surface area contributed by atoms with Crippen molar-refractivity contribution in [2.75, 3.05) is 0 Å². The largest absolute Gasteiger partial charge is 0.347 e. The van der Waals surface area contributed by atoms with E-state index in [0.29, 0.717) is 18.8 Å². The van der Waals surface area contributed by atoms with Gasteiger partial charge in [0.15, 0.2) is 5.82 Å². The third kappa shape index (κ3) is 2.81. The molecule has 0 unspecified atom stereocenters. The minimum Gasteiger partial charge on any atom is -0.347 e. The van der Waals surface area contributed by atoms with Gasteiger partial charge in [0.1, 0.15) is 6.33 Å². The molecule has 6 heteroatoms. The van der Waals surface area contributed by atoms with Crippen LogP contribution in [0.4, 0.5) is 0 Å². The second-order valence-corrected chi connectivity index (χ2v) is 3.07. The minimum atomic E-state index is -0.446. The number of nitrogens with one attached hydrogen (secondary N) is 1. The molecule has 0 saturated heterocycles. The fraction of sp³-hybridized carbons (Fsp3) is 0.625. The molecule has 3 N–H and O–H groups in total. The quantitative estimate of drug-likeness (QED) is 0.659. The van der Waals surface area contributed by atoms with Crippen LogP contribution >= 0.6 is 0 Å². The molecule has 0 fully saturated rings. The van der Waals surface area contributed by atoms with Gasteiger partial charge in [0, 0.05) is 7.05 Å². The van der Waals surface area contributed by atoms with Gasteiger partial charge < -0.3 is 11.1 Å². The van der Waals surface area contributed by atoms with Gasteiger partial charge in [-0.2, -0.15) is 5.10 Å². The molecule has 0 aliphatic carbocycles. The molecule has 0 aromatic carbocycles. The lowest BCUT2D eigenvalue weighted by Gasteiger charge is -2.07. The summed E-state index contributed by atoms with van der Waals surface area (Å²) in [6, 6.07) is -0.446. The van der Waals surface area contributed by atoms with E-state index in [1.807, 2.05) is 6.92 Å². The first-order valence-electron chi connectivity index (χ1n) is 4.51. The van der Waals surface area contributed by atoms with Gasteiger partial charge in [0.2, 0.25) is 5.91 Å². The Morgan fingerprint density at radius 2 is 2.50 bits per heavy atom. The molecule has 1 atom stereocenters. The molecule has 0 bridgehead atoms. The third-order valence-corrected chi connectivity index (χ3v) is 1.84. The van der Waals surface area contributed by atoms with E-state index in [-0.39, 0.29) is 5.91 Å². The average Bonchev–Trinajstić information content (AvgIpc) is 2.59. The van der Waals surface area contributed by atoms with Crippen LogP contribution in [-0.2, 0) is 18.4 Å². The Hall–Kier alpha value is -1.43. The molecule has 0 aliphatic rings. The van der Waals surface area contributed by atoms with Crippen molar-refractivity contribution in [3.8, 4) is 0 Å². The smallest absolute Gasteiger partial charge is 0.237 e. The van der Waals surface area contributed by atoms with Gasteiger partial charge >= 0.3 is 0 Å². The van der Waals surface area contributed by atoms with Gasteiger partial charge in [-0.15, -0.1) is 0 Å². The predicted octanol–water partition coefficient (Wildman–Crippen LogP) is -0.831. The Labute approximate surface area is 82.5 Å². The van der Waals surface area contributed by atoms with Crippen LogP contribution in [-0.4, -0.2) is 26.7 Å². The van der Waals surface area contributed by atoms with E-state index in [1.165, 1.54) is 0 Å². The lowest BCUT2D eigenvalue weighted by molar-refractivity contribution is -0.122. The number of rotatable bonds is 4. The lowest BCUT2D eigenvalue weighted by Crippen LogP contribution is -2.39. The molecule has 1 aromatic heterocycles. The molecule has 0 radical (unpaired) electrons. The molecule has 0 saturated carbocycles. The fourth-order valence-corrected chi connectivity index (χ4v) is 0.948. The molecule has 0 spiro atoms. The summed E-state index contributed by atoms with van der Waals surface area (Å²) in [5.41, 5.74) is 5.53. The van der Waals surface area contributed by atoms with E-state index in [0.717, 1.165) is 0 Å². The van der Waals surface area contributed by atoms with Crippen LogP contribution in [0.2, 0.25) is 0 Å². The maximum atomic E-state index is 11.3. The van der Waals surface area contributed by atoms with Crippen molar-refractivity contribution >= 4 is 5.91 Å². The molecule has 0 aliphatic heterocycles. The fourth-order valence-electron chi connectivity index (χ4n) is 0.948. The molecule has 14 heavy (non-hydrogen) atoms. The predicted molar refractivity (Wildman–Crippen MR) is 51.1 cm³/mol. The summed E-state index contributed by atoms with van der Waals surface area (Å²) in [7, 11) is 1.77. The van der Waals surface area contributed by atoms with Gasteiger partial charge in [-0.3, -0.25) is 9.48 Å². The standard InChI is InChI=1S/C8H15N5O/c1-3-6(9)8(14)10-4-7-11-5-13(2)12-7/h5-6H,3-4,9H2,1-2H3,(H,10,14)/t6-/m1/s1. The van der Waals surface area contributed by atoms with E-state index < -0.39 is 6.04 Å². The average molecular weight is 197 g/mol. The highest BCUT2D eigenvalue weighted by atomic mass is 16.2. The number of carbonyl (C=O) groups excluding carboxylic acids is 1. The second kappa shape index (κ2) is 4.71. The zero-order valence-electron chi connectivity index (χ0n) is 8.40. The lowest BCUT2D eigenvalue weighted by atomic mass is 10.2. The minimum absolute atomic E-state index is 0.167. The Kier molecular flexibility index (Phi) is 3.58. The maximum absolute atomic E-state index is 11.3. The van der Waals surface area contributed by atoms with Gasteiger partial charge in [-0.05, 0) is 6.42 Å². The molecular formula is C8H15N5O. The van der Waals surface area contributed by atoms with Crippen molar-refractivity contribution in [3.05, 3.63) is 12.2 Å². The van der Waals surface area contributed by atoms with Crippen molar-refractivity contribution in [2.24, 2.45) is 12.8 Å². The number of carbonyl (C=O) groups is 1. The van der Waals surface area contributed by atoms with E-state index in [1.54, 1.807) is 18.1 Å². The summed E-state index contributed by atoms with van der Waals surface area (Å²) in [6.07, 6.45) is 2.21. The van der Waals surface area contributed by atoms with E-state index >= 15 is 0 Å². The molecule has 1 heterocycles. The van der Waals surface area contributed by atoms with Gasteiger partial charge in [-0.1, -0.05) is 6.92 Å². The second-order valence-electron chi connectivity index (χ2n) is 3.07. The van der Waals surface area contributed by atoms with Crippen molar-refractivity contribution in [1.82, 2.24) is 20.1 Å². The SMILES string of the molecule is CC[C@@H](N)C(=O)NCc1ncn(C)n1. The Balaban J connectivity index is 2.37. The summed E-state index contributed by atoms with van der Waals surface area (Å²) in [5, 5.41) is 6.68. The van der Waals surface area contributed by atoms with E-state index in [2.05, 4.69) is 15.4 Å². The van der Waals surface area contributed by atoms with Crippen LogP contribution in [0.25, 0.3) is 0 Å². The maximum Gasteiger partial charge on any atom is 0.237 e. The van der Waals surface area contributed by atoms with E-state index in [9.17, 15) is 4.79 Å². The third-order valence-electron chi connectivity index (χ3n) is 1.84. The van der Waals surface area contributed by atoms with Crippen LogP contribution in [0.5, 0.6) is 0 Å². The van der Waals surface area contributed by atoms with Crippen LogP contribution in [0.3, 0.4) is 0 Å². The van der Waals surface area contributed by atoms with Gasteiger partial charge in [0.25, 0.3) is 0 Å². The highest BCUT2D eigenvalue weighted by molar-refractivity contribution is 5.81. The highest BCUT2D eigenvalue weighted by Crippen LogP contribution is 1.89. The molecule has 6 nitrogen and oxygen atoms in total. The molecular weight excluding hydrogens is 182 g/mol. The number of aromatic nitrogens is 3. The van der Waals surface area contributed by atoms with Crippen LogP contribution < -0.4 is 11.1 Å². The summed E-state index contributed by atoms with van der Waals surface area (Å²) >= 11 is 0. The Morgan fingerprint density at radius 1 is 1.79 bits per heavy atom. The number of hydrogen-bond donors (Lipinski definition) is 2. The van der Waals surface area contributed by atoms with Crippen LogP contribution in [0.15, 0.2) is 6.33 Å². The van der Waals surface area contributed by atoms with Crippen molar-refractivity contribution in [1.29, 1.82) is 0 Å². The van der Waals surface area contributed by atoms with Gasteiger partial charge in [-0.25, -0.2) is 4.98 Å². The van der Waals surface area contributed by atoms with Crippen molar-refractivity contribution < 1.29 is 4.79 Å². The molecule has 1 rings (SSSR count). The van der Waals surface area contributed by atoms with Crippen molar-refractivity contribution in [2.45, 2.75) is 25.9 Å². The van der Waals surface area contributed by atoms with Gasteiger partial charge in [0.05, 0.1) is 12.6 Å².